The van der Waals surface area contributed by atoms with Gasteiger partial charge in [0.2, 0.25) is 0 Å². The molecule has 1 aromatic heterocycles. The highest BCUT2D eigenvalue weighted by Gasteiger charge is 2.21. The van der Waals surface area contributed by atoms with Gasteiger partial charge in [0, 0.05) is 12.7 Å². The van der Waals surface area contributed by atoms with Crippen LogP contribution in [0.4, 0.5) is 0 Å². The minimum atomic E-state index is -0.940. The van der Waals surface area contributed by atoms with Crippen LogP contribution in [0.3, 0.4) is 0 Å². The van der Waals surface area contributed by atoms with Crippen molar-refractivity contribution < 1.29 is 14.7 Å². The van der Waals surface area contributed by atoms with Gasteiger partial charge in [0.15, 0.2) is 0 Å². The van der Waals surface area contributed by atoms with Crippen molar-refractivity contribution >= 4 is 22.6 Å². The second-order valence-corrected chi connectivity index (χ2v) is 7.54. The van der Waals surface area contributed by atoms with Crippen LogP contribution >= 0.6 is 0 Å². The molecule has 0 radical (unpaired) electrons. The number of rotatable bonds is 7. The largest absolute Gasteiger partial charge is 0.481 e. The number of carboxylic acid groups (broad SMARTS) is 1. The summed E-state index contributed by atoms with van der Waals surface area (Å²) < 4.78 is 1.65. The number of carboxylic acids is 1. The van der Waals surface area contributed by atoms with Gasteiger partial charge in [0.05, 0.1) is 22.9 Å². The number of hydrogen-bond donors (Lipinski definition) is 2. The maximum Gasteiger partial charge on any atom is 0.308 e. The zero-order chi connectivity index (χ0) is 21.8. The molecule has 1 unspecified atom stereocenters. The summed E-state index contributed by atoms with van der Waals surface area (Å²) in [6.07, 6.45) is 2.00. The molecule has 1 heterocycles. The lowest BCUT2D eigenvalue weighted by atomic mass is 9.97. The number of aliphatic carboxylic acids is 1. The number of nitrogens with zero attached hydrogens (tertiary/aromatic N) is 2. The molecular weight excluding hydrogens is 390 g/mol. The van der Waals surface area contributed by atoms with Gasteiger partial charge in [0.1, 0.15) is 0 Å². The van der Waals surface area contributed by atoms with Crippen LogP contribution in [0.15, 0.2) is 79.0 Å². The molecule has 4 aromatic rings. The fourth-order valence-electron chi connectivity index (χ4n) is 3.60. The van der Waals surface area contributed by atoms with Gasteiger partial charge in [-0.2, -0.15) is 5.10 Å². The number of para-hydroxylation sites is 1. The van der Waals surface area contributed by atoms with Crippen molar-refractivity contribution in [2.75, 3.05) is 6.54 Å². The van der Waals surface area contributed by atoms with E-state index in [0.29, 0.717) is 17.7 Å². The van der Waals surface area contributed by atoms with Gasteiger partial charge in [-0.3, -0.25) is 9.59 Å². The number of benzene rings is 3. The first-order chi connectivity index (χ1) is 15.0. The summed E-state index contributed by atoms with van der Waals surface area (Å²) in [7, 11) is 0. The molecule has 6 nitrogen and oxygen atoms in total. The lowest BCUT2D eigenvalue weighted by molar-refractivity contribution is -0.141. The summed E-state index contributed by atoms with van der Waals surface area (Å²) in [6.45, 7) is 1.80. The lowest BCUT2D eigenvalue weighted by Crippen LogP contribution is -2.34. The van der Waals surface area contributed by atoms with E-state index < -0.39 is 11.9 Å². The average molecular weight is 413 g/mol. The van der Waals surface area contributed by atoms with Crippen molar-refractivity contribution in [1.82, 2.24) is 15.1 Å². The quantitative estimate of drug-likeness (QED) is 0.480. The van der Waals surface area contributed by atoms with E-state index in [0.717, 1.165) is 22.0 Å². The monoisotopic (exact) mass is 413 g/mol. The summed E-state index contributed by atoms with van der Waals surface area (Å²) >= 11 is 0. The molecule has 0 aliphatic carbocycles. The molecule has 0 aliphatic heterocycles. The SMILES string of the molecule is Cc1nn(-c2ccccc2)cc1C(=O)NCC(Cc1ccc2ccccc2c1)C(=O)O. The third-order valence-corrected chi connectivity index (χ3v) is 5.32. The summed E-state index contributed by atoms with van der Waals surface area (Å²) in [5.41, 5.74) is 2.79. The van der Waals surface area contributed by atoms with Crippen molar-refractivity contribution in [2.24, 2.45) is 5.92 Å². The summed E-state index contributed by atoms with van der Waals surface area (Å²) in [5.74, 6) is -2.00. The Balaban J connectivity index is 1.45. The molecule has 31 heavy (non-hydrogen) atoms. The zero-order valence-electron chi connectivity index (χ0n) is 17.2. The molecule has 2 N–H and O–H groups in total. The summed E-state index contributed by atoms with van der Waals surface area (Å²) in [5, 5.41) is 19.0. The van der Waals surface area contributed by atoms with E-state index in [2.05, 4.69) is 10.4 Å². The van der Waals surface area contributed by atoms with Crippen molar-refractivity contribution in [1.29, 1.82) is 0 Å². The van der Waals surface area contributed by atoms with Gasteiger partial charge >= 0.3 is 5.97 Å². The third-order valence-electron chi connectivity index (χ3n) is 5.32. The number of carbonyl (C=O) groups is 2. The Morgan fingerprint density at radius 3 is 2.45 bits per heavy atom. The predicted molar refractivity (Wildman–Crippen MR) is 119 cm³/mol. The number of fused-ring (bicyclic) bond motifs is 1. The molecule has 1 amide bonds. The van der Waals surface area contributed by atoms with Crippen LogP contribution in [-0.2, 0) is 11.2 Å². The highest BCUT2D eigenvalue weighted by atomic mass is 16.4. The molecule has 0 saturated carbocycles. The van der Waals surface area contributed by atoms with Crippen LogP contribution < -0.4 is 5.32 Å². The first-order valence-electron chi connectivity index (χ1n) is 10.1. The van der Waals surface area contributed by atoms with Crippen LogP contribution in [0.5, 0.6) is 0 Å². The minimum Gasteiger partial charge on any atom is -0.481 e. The number of carbonyl (C=O) groups excluding carboxylic acids is 1. The minimum absolute atomic E-state index is 0.0386. The third kappa shape index (κ3) is 4.64. The first kappa shape index (κ1) is 20.3. The first-order valence-corrected chi connectivity index (χ1v) is 10.1. The van der Waals surface area contributed by atoms with Crippen molar-refractivity contribution in [3.8, 4) is 5.69 Å². The second-order valence-electron chi connectivity index (χ2n) is 7.54. The zero-order valence-corrected chi connectivity index (χ0v) is 17.2. The standard InChI is InChI=1S/C25H23N3O3/c1-17-23(16-28(27-17)22-9-3-2-4-10-22)24(29)26-15-21(25(30)31)14-18-11-12-19-7-5-6-8-20(19)13-18/h2-13,16,21H,14-15H2,1H3,(H,26,29)(H,30,31). The summed E-state index contributed by atoms with van der Waals surface area (Å²) in [6, 6.07) is 23.4. The number of aromatic nitrogens is 2. The maximum absolute atomic E-state index is 12.7. The molecular formula is C25H23N3O3. The van der Waals surface area contributed by atoms with Gasteiger partial charge in [-0.15, -0.1) is 0 Å². The molecule has 0 bridgehead atoms. The van der Waals surface area contributed by atoms with Gasteiger partial charge in [-0.1, -0.05) is 60.7 Å². The van der Waals surface area contributed by atoms with E-state index in [-0.39, 0.29) is 12.5 Å². The number of amides is 1. The Hall–Kier alpha value is -3.93. The van der Waals surface area contributed by atoms with E-state index in [1.54, 1.807) is 17.8 Å². The van der Waals surface area contributed by atoms with Gasteiger partial charge in [-0.05, 0) is 41.8 Å². The van der Waals surface area contributed by atoms with Crippen molar-refractivity contribution in [2.45, 2.75) is 13.3 Å². The lowest BCUT2D eigenvalue weighted by Gasteiger charge is -2.14. The van der Waals surface area contributed by atoms with Crippen LogP contribution in [0, 0.1) is 12.8 Å². The maximum atomic E-state index is 12.7. The second kappa shape index (κ2) is 8.83. The van der Waals surface area contributed by atoms with Crippen LogP contribution in [0.2, 0.25) is 0 Å². The molecule has 0 saturated heterocycles. The normalized spacial score (nSPS) is 11.9. The van der Waals surface area contributed by atoms with E-state index in [9.17, 15) is 14.7 Å². The van der Waals surface area contributed by atoms with E-state index in [1.807, 2.05) is 72.8 Å². The van der Waals surface area contributed by atoms with Crippen LogP contribution in [-0.4, -0.2) is 33.3 Å². The Morgan fingerprint density at radius 1 is 1.00 bits per heavy atom. The fourth-order valence-corrected chi connectivity index (χ4v) is 3.60. The number of nitrogens with one attached hydrogen (secondary N) is 1. The molecule has 0 spiro atoms. The molecule has 3 aromatic carbocycles. The van der Waals surface area contributed by atoms with Gasteiger partial charge < -0.3 is 10.4 Å². The molecule has 156 valence electrons. The molecule has 4 rings (SSSR count). The van der Waals surface area contributed by atoms with Gasteiger partial charge in [0.25, 0.3) is 5.91 Å². The average Bonchev–Trinajstić information content (AvgIpc) is 3.18. The molecule has 1 atom stereocenters. The number of aryl methyl sites for hydroxylation is 1. The van der Waals surface area contributed by atoms with E-state index >= 15 is 0 Å². The number of hydrogen-bond acceptors (Lipinski definition) is 3. The molecule has 0 fully saturated rings. The molecule has 0 aliphatic rings. The highest BCUT2D eigenvalue weighted by molar-refractivity contribution is 5.95. The predicted octanol–water partition coefficient (Wildman–Crippen LogP) is 4.01. The van der Waals surface area contributed by atoms with Gasteiger partial charge in [-0.25, -0.2) is 4.68 Å². The fraction of sp³-hybridized carbons (Fsp3) is 0.160. The van der Waals surface area contributed by atoms with Crippen LogP contribution in [0.25, 0.3) is 16.5 Å². The van der Waals surface area contributed by atoms with Crippen molar-refractivity contribution in [3.63, 3.8) is 0 Å². The highest BCUT2D eigenvalue weighted by Crippen LogP contribution is 2.18. The van der Waals surface area contributed by atoms with Crippen LogP contribution in [0.1, 0.15) is 21.6 Å². The topological polar surface area (TPSA) is 84.2 Å². The summed E-state index contributed by atoms with van der Waals surface area (Å²) in [4.78, 5) is 24.5. The Bertz CT molecular complexity index is 1230. The Kier molecular flexibility index (Phi) is 5.80. The van der Waals surface area contributed by atoms with E-state index in [4.69, 9.17) is 0 Å². The smallest absolute Gasteiger partial charge is 0.308 e. The van der Waals surface area contributed by atoms with E-state index in [1.165, 1.54) is 0 Å². The molecule has 6 heteroatoms. The Labute approximate surface area is 180 Å². The van der Waals surface area contributed by atoms with Crippen molar-refractivity contribution in [3.05, 3.63) is 95.8 Å². The Morgan fingerprint density at radius 2 is 1.71 bits per heavy atom.